The molecule has 104 valence electrons. The Morgan fingerprint density at radius 2 is 2.21 bits per heavy atom. The van der Waals surface area contributed by atoms with Gasteiger partial charge in [-0.05, 0) is 38.4 Å². The molecule has 1 saturated heterocycles. The SMILES string of the molecule is CCN(Cc1cccc(C)c1)C(=O)C(C)C1CNC1. The molecule has 1 unspecified atom stereocenters. The number of carbonyl (C=O) groups is 1. The minimum absolute atomic E-state index is 0.131. The predicted octanol–water partition coefficient (Wildman–Crippen LogP) is 2.20. The highest BCUT2D eigenvalue weighted by Gasteiger charge is 2.31. The number of aryl methyl sites for hydroxylation is 1. The van der Waals surface area contributed by atoms with E-state index in [2.05, 4.69) is 50.4 Å². The van der Waals surface area contributed by atoms with Crippen molar-refractivity contribution in [3.63, 3.8) is 0 Å². The zero-order chi connectivity index (χ0) is 13.8. The Hall–Kier alpha value is -1.35. The van der Waals surface area contributed by atoms with Crippen LogP contribution in [0.25, 0.3) is 0 Å². The zero-order valence-electron chi connectivity index (χ0n) is 12.1. The molecule has 1 fully saturated rings. The van der Waals surface area contributed by atoms with Gasteiger partial charge in [0.2, 0.25) is 5.91 Å². The second-order valence-corrected chi connectivity index (χ2v) is 5.55. The van der Waals surface area contributed by atoms with E-state index < -0.39 is 0 Å². The summed E-state index contributed by atoms with van der Waals surface area (Å²) in [5, 5.41) is 3.24. The van der Waals surface area contributed by atoms with Crippen molar-refractivity contribution >= 4 is 5.91 Å². The van der Waals surface area contributed by atoms with Crippen LogP contribution in [0, 0.1) is 18.8 Å². The zero-order valence-corrected chi connectivity index (χ0v) is 12.1. The molecule has 1 heterocycles. The molecule has 1 atom stereocenters. The molecule has 0 aromatic heterocycles. The van der Waals surface area contributed by atoms with E-state index in [0.717, 1.165) is 26.2 Å². The number of amides is 1. The van der Waals surface area contributed by atoms with Crippen LogP contribution in [0.2, 0.25) is 0 Å². The maximum atomic E-state index is 12.5. The third-order valence-corrected chi connectivity index (χ3v) is 4.06. The lowest BCUT2D eigenvalue weighted by molar-refractivity contribution is -0.137. The second-order valence-electron chi connectivity index (χ2n) is 5.55. The third-order valence-electron chi connectivity index (χ3n) is 4.06. The first kappa shape index (κ1) is 14.1. The number of nitrogens with one attached hydrogen (secondary N) is 1. The van der Waals surface area contributed by atoms with Gasteiger partial charge in [0.05, 0.1) is 0 Å². The van der Waals surface area contributed by atoms with Crippen molar-refractivity contribution in [2.75, 3.05) is 19.6 Å². The lowest BCUT2D eigenvalue weighted by atomic mass is 9.88. The molecule has 0 bridgehead atoms. The Morgan fingerprint density at radius 3 is 2.74 bits per heavy atom. The highest BCUT2D eigenvalue weighted by molar-refractivity contribution is 5.79. The van der Waals surface area contributed by atoms with Crippen LogP contribution in [-0.4, -0.2) is 30.4 Å². The number of hydrogen-bond acceptors (Lipinski definition) is 2. The molecule has 1 aromatic carbocycles. The van der Waals surface area contributed by atoms with E-state index in [4.69, 9.17) is 0 Å². The van der Waals surface area contributed by atoms with Gasteiger partial charge in [0.1, 0.15) is 0 Å². The number of nitrogens with zero attached hydrogens (tertiary/aromatic N) is 1. The number of benzene rings is 1. The molecular formula is C16H24N2O. The van der Waals surface area contributed by atoms with Crippen LogP contribution in [0.15, 0.2) is 24.3 Å². The Balaban J connectivity index is 2.00. The highest BCUT2D eigenvalue weighted by atomic mass is 16.2. The van der Waals surface area contributed by atoms with Gasteiger partial charge in [-0.25, -0.2) is 0 Å². The van der Waals surface area contributed by atoms with Gasteiger partial charge < -0.3 is 10.2 Å². The summed E-state index contributed by atoms with van der Waals surface area (Å²) in [5.74, 6) is 0.931. The molecule has 3 heteroatoms. The molecule has 1 aliphatic rings. The van der Waals surface area contributed by atoms with Crippen LogP contribution in [0.5, 0.6) is 0 Å². The molecule has 3 nitrogen and oxygen atoms in total. The van der Waals surface area contributed by atoms with Crippen LogP contribution in [0.3, 0.4) is 0 Å². The van der Waals surface area contributed by atoms with E-state index >= 15 is 0 Å². The molecule has 1 aliphatic heterocycles. The largest absolute Gasteiger partial charge is 0.338 e. The number of rotatable bonds is 5. The van der Waals surface area contributed by atoms with E-state index in [1.54, 1.807) is 0 Å². The van der Waals surface area contributed by atoms with E-state index in [1.165, 1.54) is 11.1 Å². The highest BCUT2D eigenvalue weighted by Crippen LogP contribution is 2.19. The van der Waals surface area contributed by atoms with Crippen molar-refractivity contribution < 1.29 is 4.79 Å². The molecule has 2 rings (SSSR count). The van der Waals surface area contributed by atoms with Crippen LogP contribution in [0.1, 0.15) is 25.0 Å². The lowest BCUT2D eigenvalue weighted by Crippen LogP contribution is -2.50. The molecule has 0 radical (unpaired) electrons. The first-order valence-corrected chi connectivity index (χ1v) is 7.17. The fourth-order valence-electron chi connectivity index (χ4n) is 2.53. The molecule has 0 saturated carbocycles. The van der Waals surface area contributed by atoms with Gasteiger partial charge in [-0.1, -0.05) is 36.8 Å². The van der Waals surface area contributed by atoms with Crippen molar-refractivity contribution in [3.05, 3.63) is 35.4 Å². The monoisotopic (exact) mass is 260 g/mol. The summed E-state index contributed by atoms with van der Waals surface area (Å²) in [6, 6.07) is 8.40. The van der Waals surface area contributed by atoms with E-state index in [1.807, 2.05) is 4.90 Å². The topological polar surface area (TPSA) is 32.3 Å². The number of carbonyl (C=O) groups excluding carboxylic acids is 1. The Kier molecular flexibility index (Phi) is 4.59. The van der Waals surface area contributed by atoms with Crippen LogP contribution in [-0.2, 0) is 11.3 Å². The van der Waals surface area contributed by atoms with Gasteiger partial charge in [-0.3, -0.25) is 4.79 Å². The first-order valence-electron chi connectivity index (χ1n) is 7.17. The molecule has 1 amide bonds. The minimum Gasteiger partial charge on any atom is -0.338 e. The average molecular weight is 260 g/mol. The number of hydrogen-bond donors (Lipinski definition) is 1. The maximum absolute atomic E-state index is 12.5. The van der Waals surface area contributed by atoms with Gasteiger partial charge in [0.25, 0.3) is 0 Å². The molecule has 0 spiro atoms. The Bertz CT molecular complexity index is 440. The van der Waals surface area contributed by atoms with E-state index in [-0.39, 0.29) is 11.8 Å². The van der Waals surface area contributed by atoms with Crippen molar-refractivity contribution in [1.82, 2.24) is 10.2 Å². The third kappa shape index (κ3) is 3.35. The van der Waals surface area contributed by atoms with Crippen molar-refractivity contribution in [3.8, 4) is 0 Å². The normalized spacial score (nSPS) is 16.8. The molecule has 19 heavy (non-hydrogen) atoms. The van der Waals surface area contributed by atoms with Crippen molar-refractivity contribution in [2.24, 2.45) is 11.8 Å². The van der Waals surface area contributed by atoms with Crippen LogP contribution in [0.4, 0.5) is 0 Å². The van der Waals surface area contributed by atoms with Crippen LogP contribution >= 0.6 is 0 Å². The molecule has 0 aliphatic carbocycles. The van der Waals surface area contributed by atoms with Gasteiger partial charge >= 0.3 is 0 Å². The second kappa shape index (κ2) is 6.20. The van der Waals surface area contributed by atoms with E-state index in [9.17, 15) is 4.79 Å². The van der Waals surface area contributed by atoms with Gasteiger partial charge in [-0.2, -0.15) is 0 Å². The standard InChI is InChI=1S/C16H24N2O/c1-4-18(11-14-7-5-6-12(2)8-14)16(19)13(3)15-9-17-10-15/h5-8,13,15,17H,4,9-11H2,1-3H3. The van der Waals surface area contributed by atoms with Crippen LogP contribution < -0.4 is 5.32 Å². The Morgan fingerprint density at radius 1 is 1.47 bits per heavy atom. The average Bonchev–Trinajstić information content (AvgIpc) is 2.33. The summed E-state index contributed by atoms with van der Waals surface area (Å²) >= 11 is 0. The maximum Gasteiger partial charge on any atom is 0.226 e. The smallest absolute Gasteiger partial charge is 0.226 e. The van der Waals surface area contributed by atoms with E-state index in [0.29, 0.717) is 5.92 Å². The van der Waals surface area contributed by atoms with Gasteiger partial charge in [-0.15, -0.1) is 0 Å². The first-order chi connectivity index (χ1) is 9.11. The van der Waals surface area contributed by atoms with Gasteiger partial charge in [0.15, 0.2) is 0 Å². The van der Waals surface area contributed by atoms with Crippen molar-refractivity contribution in [2.45, 2.75) is 27.3 Å². The van der Waals surface area contributed by atoms with Crippen molar-refractivity contribution in [1.29, 1.82) is 0 Å². The Labute approximate surface area is 116 Å². The summed E-state index contributed by atoms with van der Waals surface area (Å²) < 4.78 is 0. The fraction of sp³-hybridized carbons (Fsp3) is 0.562. The summed E-state index contributed by atoms with van der Waals surface area (Å²) in [5.41, 5.74) is 2.46. The molecular weight excluding hydrogens is 236 g/mol. The lowest BCUT2D eigenvalue weighted by Gasteiger charge is -2.34. The predicted molar refractivity (Wildman–Crippen MR) is 77.8 cm³/mol. The minimum atomic E-state index is 0.131. The molecule has 1 N–H and O–H groups in total. The van der Waals surface area contributed by atoms with Gasteiger partial charge in [0, 0.05) is 19.0 Å². The summed E-state index contributed by atoms with van der Waals surface area (Å²) in [6.07, 6.45) is 0. The summed E-state index contributed by atoms with van der Waals surface area (Å²) in [6.45, 7) is 9.67. The summed E-state index contributed by atoms with van der Waals surface area (Å²) in [7, 11) is 0. The fourth-order valence-corrected chi connectivity index (χ4v) is 2.53. The quantitative estimate of drug-likeness (QED) is 0.880. The summed E-state index contributed by atoms with van der Waals surface area (Å²) in [4.78, 5) is 14.5. The molecule has 1 aromatic rings.